The van der Waals surface area contributed by atoms with E-state index in [1.54, 1.807) is 11.8 Å². The molecule has 0 aromatic rings. The van der Waals surface area contributed by atoms with E-state index in [4.69, 9.17) is 4.74 Å². The molecule has 0 bridgehead atoms. The van der Waals surface area contributed by atoms with Crippen molar-refractivity contribution in [3.8, 4) is 0 Å². The molecule has 8 heteroatoms. The molecule has 28 heavy (non-hydrogen) atoms. The zero-order valence-electron chi connectivity index (χ0n) is 17.0. The summed E-state index contributed by atoms with van der Waals surface area (Å²) in [5.74, 6) is 0.142. The van der Waals surface area contributed by atoms with Gasteiger partial charge in [0.15, 0.2) is 0 Å². The number of ether oxygens (including phenoxy) is 1. The van der Waals surface area contributed by atoms with Crippen LogP contribution >= 0.6 is 0 Å². The molecule has 2 heterocycles. The van der Waals surface area contributed by atoms with E-state index in [9.17, 15) is 14.4 Å². The normalized spacial score (nSPS) is 22.1. The van der Waals surface area contributed by atoms with Gasteiger partial charge >= 0.3 is 12.1 Å². The van der Waals surface area contributed by atoms with Gasteiger partial charge in [-0.2, -0.15) is 0 Å². The van der Waals surface area contributed by atoms with Crippen LogP contribution in [0.4, 0.5) is 9.59 Å². The second kappa shape index (κ2) is 9.98. The van der Waals surface area contributed by atoms with E-state index >= 15 is 0 Å². The fraction of sp³-hybridized carbons (Fsp3) is 0.850. The number of amides is 4. The number of piperidine rings is 1. The third kappa shape index (κ3) is 5.29. The average molecular weight is 395 g/mol. The van der Waals surface area contributed by atoms with Gasteiger partial charge in [-0.25, -0.2) is 9.59 Å². The van der Waals surface area contributed by atoms with Crippen LogP contribution in [0.3, 0.4) is 0 Å². The summed E-state index contributed by atoms with van der Waals surface area (Å²) in [7, 11) is 0. The summed E-state index contributed by atoms with van der Waals surface area (Å²) in [6.45, 7) is 5.58. The Hall–Kier alpha value is -1.99. The first-order chi connectivity index (χ1) is 13.6. The highest BCUT2D eigenvalue weighted by Crippen LogP contribution is 2.22. The predicted octanol–water partition coefficient (Wildman–Crippen LogP) is 2.04. The molecule has 1 aliphatic carbocycles. The number of piperazine rings is 1. The quantitative estimate of drug-likeness (QED) is 0.794. The third-order valence-electron chi connectivity index (χ3n) is 6.18. The average Bonchev–Trinajstić information content (AvgIpc) is 2.74. The van der Waals surface area contributed by atoms with Crippen molar-refractivity contribution in [3.05, 3.63) is 0 Å². The first kappa shape index (κ1) is 20.7. The number of hydrogen-bond donors (Lipinski definition) is 1. The van der Waals surface area contributed by atoms with Crippen LogP contribution in [-0.2, 0) is 9.53 Å². The molecule has 1 saturated carbocycles. The van der Waals surface area contributed by atoms with Gasteiger partial charge in [0.2, 0.25) is 5.91 Å². The first-order valence-corrected chi connectivity index (χ1v) is 10.8. The van der Waals surface area contributed by atoms with Gasteiger partial charge in [-0.3, -0.25) is 4.79 Å². The summed E-state index contributed by atoms with van der Waals surface area (Å²) in [5.41, 5.74) is 0. The van der Waals surface area contributed by atoms with Crippen LogP contribution in [0.25, 0.3) is 0 Å². The van der Waals surface area contributed by atoms with Crippen molar-refractivity contribution in [1.29, 1.82) is 0 Å². The molecule has 0 atom stereocenters. The molecule has 1 N–H and O–H groups in total. The smallest absolute Gasteiger partial charge is 0.409 e. The first-order valence-electron chi connectivity index (χ1n) is 10.8. The van der Waals surface area contributed by atoms with Gasteiger partial charge in [-0.05, 0) is 32.6 Å². The molecule has 4 amide bonds. The molecule has 2 saturated heterocycles. The molecular formula is C20H34N4O4. The van der Waals surface area contributed by atoms with Crippen molar-refractivity contribution in [1.82, 2.24) is 20.0 Å². The molecule has 3 fully saturated rings. The Kier molecular flexibility index (Phi) is 7.39. The van der Waals surface area contributed by atoms with Crippen LogP contribution in [0, 0.1) is 5.92 Å². The minimum atomic E-state index is -0.299. The van der Waals surface area contributed by atoms with E-state index in [0.29, 0.717) is 51.9 Å². The van der Waals surface area contributed by atoms with Crippen LogP contribution in [0.2, 0.25) is 0 Å². The number of carbonyl (C=O) groups is 3. The van der Waals surface area contributed by atoms with Gasteiger partial charge < -0.3 is 24.8 Å². The summed E-state index contributed by atoms with van der Waals surface area (Å²) in [5, 5.41) is 3.16. The number of hydrogen-bond acceptors (Lipinski definition) is 4. The molecular weight excluding hydrogens is 360 g/mol. The van der Waals surface area contributed by atoms with Crippen molar-refractivity contribution in [2.45, 2.75) is 57.9 Å². The van der Waals surface area contributed by atoms with Gasteiger partial charge in [0.25, 0.3) is 0 Å². The number of carbonyl (C=O) groups excluding carboxylic acids is 3. The zero-order valence-corrected chi connectivity index (χ0v) is 17.0. The van der Waals surface area contributed by atoms with Crippen LogP contribution in [-0.4, -0.2) is 84.6 Å². The lowest BCUT2D eigenvalue weighted by Gasteiger charge is -2.38. The summed E-state index contributed by atoms with van der Waals surface area (Å²) in [4.78, 5) is 42.4. The fourth-order valence-electron chi connectivity index (χ4n) is 4.42. The van der Waals surface area contributed by atoms with E-state index in [-0.39, 0.29) is 23.9 Å². The topological polar surface area (TPSA) is 82.2 Å². The Balaban J connectivity index is 1.39. The lowest BCUT2D eigenvalue weighted by molar-refractivity contribution is -0.138. The van der Waals surface area contributed by atoms with E-state index in [0.717, 1.165) is 25.7 Å². The molecule has 0 aromatic carbocycles. The van der Waals surface area contributed by atoms with Crippen LogP contribution < -0.4 is 5.32 Å². The Morgan fingerprint density at radius 2 is 1.43 bits per heavy atom. The lowest BCUT2D eigenvalue weighted by atomic mass is 9.94. The highest BCUT2D eigenvalue weighted by Gasteiger charge is 2.33. The summed E-state index contributed by atoms with van der Waals surface area (Å²) in [6.07, 6.45) is 6.97. The largest absolute Gasteiger partial charge is 0.450 e. The zero-order chi connectivity index (χ0) is 19.9. The van der Waals surface area contributed by atoms with Gasteiger partial charge in [0.05, 0.1) is 6.61 Å². The Bertz CT molecular complexity index is 548. The highest BCUT2D eigenvalue weighted by molar-refractivity contribution is 5.80. The van der Waals surface area contributed by atoms with Crippen LogP contribution in [0.1, 0.15) is 51.9 Å². The molecule has 0 spiro atoms. The minimum absolute atomic E-state index is 0.0205. The maximum absolute atomic E-state index is 12.8. The van der Waals surface area contributed by atoms with E-state index < -0.39 is 0 Å². The van der Waals surface area contributed by atoms with Gasteiger partial charge in [-0.1, -0.05) is 19.3 Å². The molecule has 158 valence electrons. The van der Waals surface area contributed by atoms with Crippen molar-refractivity contribution in [2.24, 2.45) is 5.92 Å². The summed E-state index contributed by atoms with van der Waals surface area (Å²) >= 11 is 0. The van der Waals surface area contributed by atoms with Crippen LogP contribution in [0.15, 0.2) is 0 Å². The fourth-order valence-corrected chi connectivity index (χ4v) is 4.42. The second-order valence-electron chi connectivity index (χ2n) is 8.06. The molecule has 8 nitrogen and oxygen atoms in total. The molecule has 0 radical (unpaired) electrons. The van der Waals surface area contributed by atoms with Crippen molar-refractivity contribution >= 4 is 18.0 Å². The summed E-state index contributed by atoms with van der Waals surface area (Å²) in [6, 6.07) is 0.345. The van der Waals surface area contributed by atoms with E-state index in [1.807, 2.05) is 9.80 Å². The third-order valence-corrected chi connectivity index (χ3v) is 6.18. The van der Waals surface area contributed by atoms with Crippen molar-refractivity contribution < 1.29 is 19.1 Å². The highest BCUT2D eigenvalue weighted by atomic mass is 16.6. The van der Waals surface area contributed by atoms with Gasteiger partial charge in [0.1, 0.15) is 0 Å². The van der Waals surface area contributed by atoms with E-state index in [1.165, 1.54) is 19.3 Å². The van der Waals surface area contributed by atoms with Crippen molar-refractivity contribution in [2.75, 3.05) is 45.9 Å². The second-order valence-corrected chi connectivity index (χ2v) is 8.06. The number of nitrogens with zero attached hydrogens (tertiary/aromatic N) is 3. The Labute approximate surface area is 167 Å². The predicted molar refractivity (Wildman–Crippen MR) is 105 cm³/mol. The number of likely N-dealkylation sites (tertiary alicyclic amines) is 1. The molecule has 3 aliphatic rings. The molecule has 3 rings (SSSR count). The maximum Gasteiger partial charge on any atom is 0.409 e. The summed E-state index contributed by atoms with van der Waals surface area (Å²) < 4.78 is 5.02. The van der Waals surface area contributed by atoms with Crippen molar-refractivity contribution in [3.63, 3.8) is 0 Å². The monoisotopic (exact) mass is 394 g/mol. The Morgan fingerprint density at radius 1 is 0.821 bits per heavy atom. The number of nitrogens with one attached hydrogen (secondary N) is 1. The van der Waals surface area contributed by atoms with E-state index in [2.05, 4.69) is 5.32 Å². The number of urea groups is 1. The van der Waals surface area contributed by atoms with Gasteiger partial charge in [-0.15, -0.1) is 0 Å². The Morgan fingerprint density at radius 3 is 2.04 bits per heavy atom. The van der Waals surface area contributed by atoms with Crippen LogP contribution in [0.5, 0.6) is 0 Å². The molecule has 2 aliphatic heterocycles. The minimum Gasteiger partial charge on any atom is -0.450 e. The van der Waals surface area contributed by atoms with Gasteiger partial charge in [0, 0.05) is 51.2 Å². The number of rotatable bonds is 3. The standard InChI is InChI=1S/C20H34N4O4/c1-2-28-20(27)24-14-12-22(13-15-24)18(25)16-8-10-23(11-9-16)19(26)21-17-6-4-3-5-7-17/h16-17H,2-15H2,1H3,(H,21,26). The molecule has 0 unspecified atom stereocenters. The SMILES string of the molecule is CCOC(=O)N1CCN(C(=O)C2CCN(C(=O)NC3CCCCC3)CC2)CC1. The lowest BCUT2D eigenvalue weighted by Crippen LogP contribution is -2.54. The molecule has 0 aromatic heterocycles. The maximum atomic E-state index is 12.8.